The molecule has 2 aromatic carbocycles. The standard InChI is InChI=1S/C20H23ClN2O4/c1-14(24)23(18-9-8-17(26-2)12-19(18)27-3)11-10-20(25)22-13-15-4-6-16(21)7-5-15/h4-9,12H,10-11,13H2,1-3H3,(H,22,25). The van der Waals surface area contributed by atoms with E-state index in [0.717, 1.165) is 5.56 Å². The summed E-state index contributed by atoms with van der Waals surface area (Å²) in [5.41, 5.74) is 1.55. The van der Waals surface area contributed by atoms with E-state index in [-0.39, 0.29) is 24.8 Å². The second kappa shape index (κ2) is 9.83. The van der Waals surface area contributed by atoms with E-state index in [1.165, 1.54) is 18.9 Å². The lowest BCUT2D eigenvalue weighted by molar-refractivity contribution is -0.121. The summed E-state index contributed by atoms with van der Waals surface area (Å²) in [7, 11) is 3.08. The summed E-state index contributed by atoms with van der Waals surface area (Å²) in [5.74, 6) is 0.804. The van der Waals surface area contributed by atoms with Crippen LogP contribution in [0, 0.1) is 0 Å². The Kier molecular flexibility index (Phi) is 7.49. The molecule has 1 N–H and O–H groups in total. The van der Waals surface area contributed by atoms with Gasteiger partial charge < -0.3 is 19.7 Å². The van der Waals surface area contributed by atoms with Crippen LogP contribution in [0.2, 0.25) is 5.02 Å². The van der Waals surface area contributed by atoms with E-state index < -0.39 is 0 Å². The van der Waals surface area contributed by atoms with Crippen molar-refractivity contribution in [2.24, 2.45) is 0 Å². The molecule has 7 heteroatoms. The van der Waals surface area contributed by atoms with Crippen molar-refractivity contribution >= 4 is 29.1 Å². The predicted molar refractivity (Wildman–Crippen MR) is 105 cm³/mol. The number of amides is 2. The highest BCUT2D eigenvalue weighted by atomic mass is 35.5. The van der Waals surface area contributed by atoms with Crippen LogP contribution in [-0.2, 0) is 16.1 Å². The molecule has 0 aliphatic carbocycles. The van der Waals surface area contributed by atoms with Crippen molar-refractivity contribution in [1.82, 2.24) is 5.32 Å². The Hall–Kier alpha value is -2.73. The summed E-state index contributed by atoms with van der Waals surface area (Å²) >= 11 is 5.85. The number of carbonyl (C=O) groups is 2. The van der Waals surface area contributed by atoms with Crippen LogP contribution >= 0.6 is 11.6 Å². The van der Waals surface area contributed by atoms with Crippen molar-refractivity contribution in [3.8, 4) is 11.5 Å². The normalized spacial score (nSPS) is 10.2. The van der Waals surface area contributed by atoms with E-state index in [9.17, 15) is 9.59 Å². The lowest BCUT2D eigenvalue weighted by Gasteiger charge is -2.23. The van der Waals surface area contributed by atoms with Crippen LogP contribution in [0.3, 0.4) is 0 Å². The first-order valence-corrected chi connectivity index (χ1v) is 8.83. The SMILES string of the molecule is COc1ccc(N(CCC(=O)NCc2ccc(Cl)cc2)C(C)=O)c(OC)c1. The van der Waals surface area contributed by atoms with Crippen LogP contribution in [0.25, 0.3) is 0 Å². The number of hydrogen-bond acceptors (Lipinski definition) is 4. The fourth-order valence-corrected chi connectivity index (χ4v) is 2.69. The largest absolute Gasteiger partial charge is 0.497 e. The smallest absolute Gasteiger partial charge is 0.223 e. The summed E-state index contributed by atoms with van der Waals surface area (Å²) in [6.07, 6.45) is 0.169. The zero-order valence-electron chi connectivity index (χ0n) is 15.6. The van der Waals surface area contributed by atoms with E-state index >= 15 is 0 Å². The van der Waals surface area contributed by atoms with Gasteiger partial charge in [0.25, 0.3) is 0 Å². The average Bonchev–Trinajstić information content (AvgIpc) is 2.67. The Morgan fingerprint density at radius 1 is 1.07 bits per heavy atom. The third kappa shape index (κ3) is 5.89. The molecule has 2 rings (SSSR count). The quantitative estimate of drug-likeness (QED) is 0.750. The fourth-order valence-electron chi connectivity index (χ4n) is 2.56. The van der Waals surface area contributed by atoms with Gasteiger partial charge >= 0.3 is 0 Å². The van der Waals surface area contributed by atoms with Crippen LogP contribution in [0.1, 0.15) is 18.9 Å². The molecule has 0 spiro atoms. The Morgan fingerprint density at radius 3 is 2.37 bits per heavy atom. The first kappa shape index (κ1) is 20.6. The van der Waals surface area contributed by atoms with Crippen molar-refractivity contribution in [3.63, 3.8) is 0 Å². The first-order valence-electron chi connectivity index (χ1n) is 8.46. The zero-order chi connectivity index (χ0) is 19.8. The Bertz CT molecular complexity index is 793. The second-order valence-electron chi connectivity index (χ2n) is 5.86. The summed E-state index contributed by atoms with van der Waals surface area (Å²) < 4.78 is 10.5. The van der Waals surface area contributed by atoms with Crippen molar-refractivity contribution < 1.29 is 19.1 Å². The number of methoxy groups -OCH3 is 2. The third-order valence-electron chi connectivity index (χ3n) is 4.02. The van der Waals surface area contributed by atoms with Crippen LogP contribution in [0.5, 0.6) is 11.5 Å². The zero-order valence-corrected chi connectivity index (χ0v) is 16.4. The number of anilines is 1. The maximum Gasteiger partial charge on any atom is 0.223 e. The van der Waals surface area contributed by atoms with Gasteiger partial charge in [0.05, 0.1) is 19.9 Å². The van der Waals surface area contributed by atoms with Crippen molar-refractivity contribution in [2.45, 2.75) is 19.9 Å². The van der Waals surface area contributed by atoms with Crippen molar-refractivity contribution in [2.75, 3.05) is 25.7 Å². The third-order valence-corrected chi connectivity index (χ3v) is 4.28. The van der Waals surface area contributed by atoms with Gasteiger partial charge in [0.2, 0.25) is 11.8 Å². The Morgan fingerprint density at radius 2 is 1.78 bits per heavy atom. The molecular weight excluding hydrogens is 368 g/mol. The molecule has 0 heterocycles. The predicted octanol–water partition coefficient (Wildman–Crippen LogP) is 3.42. The Balaban J connectivity index is 1.99. The summed E-state index contributed by atoms with van der Waals surface area (Å²) in [6.45, 7) is 2.10. The lowest BCUT2D eigenvalue weighted by atomic mass is 10.2. The molecule has 0 aromatic heterocycles. The number of rotatable bonds is 8. The van der Waals surface area contributed by atoms with E-state index in [1.807, 2.05) is 12.1 Å². The van der Waals surface area contributed by atoms with Crippen LogP contribution in [0.15, 0.2) is 42.5 Å². The van der Waals surface area contributed by atoms with Crippen LogP contribution < -0.4 is 19.7 Å². The highest BCUT2D eigenvalue weighted by Gasteiger charge is 2.18. The highest BCUT2D eigenvalue weighted by Crippen LogP contribution is 2.32. The molecule has 0 saturated heterocycles. The van der Waals surface area contributed by atoms with Gasteiger partial charge in [0, 0.05) is 37.5 Å². The number of nitrogens with zero attached hydrogens (tertiary/aromatic N) is 1. The Labute approximate surface area is 164 Å². The summed E-state index contributed by atoms with van der Waals surface area (Å²) in [5, 5.41) is 3.49. The molecule has 6 nitrogen and oxygen atoms in total. The highest BCUT2D eigenvalue weighted by molar-refractivity contribution is 6.30. The molecule has 0 aliphatic rings. The summed E-state index contributed by atoms with van der Waals surface area (Å²) in [6, 6.07) is 12.4. The molecule has 27 heavy (non-hydrogen) atoms. The molecule has 0 bridgehead atoms. The minimum Gasteiger partial charge on any atom is -0.497 e. The number of hydrogen-bond donors (Lipinski definition) is 1. The average molecular weight is 391 g/mol. The molecule has 2 amide bonds. The van der Waals surface area contributed by atoms with Gasteiger partial charge in [0.1, 0.15) is 11.5 Å². The van der Waals surface area contributed by atoms with Crippen molar-refractivity contribution in [1.29, 1.82) is 0 Å². The maximum absolute atomic E-state index is 12.2. The minimum atomic E-state index is -0.177. The lowest BCUT2D eigenvalue weighted by Crippen LogP contribution is -2.34. The monoisotopic (exact) mass is 390 g/mol. The number of nitrogens with one attached hydrogen (secondary N) is 1. The van der Waals surface area contributed by atoms with Gasteiger partial charge in [-0.05, 0) is 29.8 Å². The fraction of sp³-hybridized carbons (Fsp3) is 0.300. The summed E-state index contributed by atoms with van der Waals surface area (Å²) in [4.78, 5) is 25.8. The molecule has 0 unspecified atom stereocenters. The van der Waals surface area contributed by atoms with E-state index in [1.54, 1.807) is 37.4 Å². The van der Waals surface area contributed by atoms with E-state index in [0.29, 0.717) is 28.8 Å². The van der Waals surface area contributed by atoms with Gasteiger partial charge in [-0.1, -0.05) is 23.7 Å². The molecule has 2 aromatic rings. The van der Waals surface area contributed by atoms with E-state index in [4.69, 9.17) is 21.1 Å². The van der Waals surface area contributed by atoms with Gasteiger partial charge in [-0.15, -0.1) is 0 Å². The molecule has 0 saturated carbocycles. The van der Waals surface area contributed by atoms with E-state index in [2.05, 4.69) is 5.32 Å². The molecule has 0 fully saturated rings. The van der Waals surface area contributed by atoms with Crippen molar-refractivity contribution in [3.05, 3.63) is 53.1 Å². The number of ether oxygens (including phenoxy) is 2. The van der Waals surface area contributed by atoms with Gasteiger partial charge in [-0.25, -0.2) is 0 Å². The van der Waals surface area contributed by atoms with Crippen LogP contribution in [-0.4, -0.2) is 32.6 Å². The number of benzene rings is 2. The van der Waals surface area contributed by atoms with Gasteiger partial charge in [0.15, 0.2) is 0 Å². The molecule has 0 aliphatic heterocycles. The first-order chi connectivity index (χ1) is 12.9. The minimum absolute atomic E-state index is 0.149. The number of carbonyl (C=O) groups excluding carboxylic acids is 2. The molecule has 0 atom stereocenters. The maximum atomic E-state index is 12.2. The molecule has 0 radical (unpaired) electrons. The topological polar surface area (TPSA) is 67.9 Å². The second-order valence-corrected chi connectivity index (χ2v) is 6.30. The number of halogens is 1. The van der Waals surface area contributed by atoms with Gasteiger partial charge in [-0.3, -0.25) is 9.59 Å². The van der Waals surface area contributed by atoms with Crippen LogP contribution in [0.4, 0.5) is 5.69 Å². The van der Waals surface area contributed by atoms with Gasteiger partial charge in [-0.2, -0.15) is 0 Å². The molecule has 144 valence electrons. The molecular formula is C20H23ClN2O4.